The Morgan fingerprint density at radius 3 is 2.50 bits per heavy atom. The first-order valence-corrected chi connectivity index (χ1v) is 11.2. The van der Waals surface area contributed by atoms with Crippen molar-refractivity contribution in [2.75, 3.05) is 38.6 Å². The van der Waals surface area contributed by atoms with Gasteiger partial charge in [0, 0.05) is 26.2 Å². The van der Waals surface area contributed by atoms with Crippen LogP contribution in [0.1, 0.15) is 32.8 Å². The maximum absolute atomic E-state index is 12.1. The van der Waals surface area contributed by atoms with E-state index in [-0.39, 0.29) is 36.3 Å². The van der Waals surface area contributed by atoms with E-state index in [9.17, 15) is 8.42 Å². The number of benzene rings is 1. The lowest BCUT2D eigenvalue weighted by Crippen LogP contribution is -2.41. The van der Waals surface area contributed by atoms with Crippen LogP contribution < -0.4 is 15.4 Å². The van der Waals surface area contributed by atoms with Crippen LogP contribution in [-0.2, 0) is 21.3 Å². The maximum Gasteiger partial charge on any atom is 0.213 e. The lowest BCUT2D eigenvalue weighted by atomic mass is 10.1. The normalized spacial score (nSPS) is 11.9. The molecule has 28 heavy (non-hydrogen) atoms. The van der Waals surface area contributed by atoms with Gasteiger partial charge in [0.25, 0.3) is 0 Å². The monoisotopic (exact) mass is 526 g/mol. The molecule has 9 heteroatoms. The zero-order valence-corrected chi connectivity index (χ0v) is 20.3. The molecule has 3 N–H and O–H groups in total. The van der Waals surface area contributed by atoms with Crippen molar-refractivity contribution in [1.82, 2.24) is 15.4 Å². The molecule has 0 saturated carbocycles. The average Bonchev–Trinajstić information content (AvgIpc) is 2.63. The molecule has 1 aromatic carbocycles. The largest absolute Gasteiger partial charge is 0.380 e. The summed E-state index contributed by atoms with van der Waals surface area (Å²) in [5.74, 6) is 1.21. The number of sulfonamides is 1. The molecule has 0 amide bonds. The van der Waals surface area contributed by atoms with Gasteiger partial charge in [0.05, 0.1) is 18.9 Å². The smallest absolute Gasteiger partial charge is 0.213 e. The van der Waals surface area contributed by atoms with Crippen molar-refractivity contribution in [1.29, 1.82) is 0 Å². The molecule has 0 atom stereocenters. The van der Waals surface area contributed by atoms with E-state index in [1.165, 1.54) is 0 Å². The molecule has 162 valence electrons. The number of rotatable bonds is 13. The highest BCUT2D eigenvalue weighted by Gasteiger charge is 2.10. The quantitative estimate of drug-likeness (QED) is 0.159. The highest BCUT2D eigenvalue weighted by Crippen LogP contribution is 1.99. The minimum Gasteiger partial charge on any atom is -0.380 e. The van der Waals surface area contributed by atoms with Gasteiger partial charge in [-0.15, -0.1) is 24.0 Å². The van der Waals surface area contributed by atoms with Crippen molar-refractivity contribution in [3.8, 4) is 0 Å². The van der Waals surface area contributed by atoms with E-state index in [1.54, 1.807) is 0 Å². The Kier molecular flexibility index (Phi) is 15.4. The van der Waals surface area contributed by atoms with E-state index in [2.05, 4.69) is 34.2 Å². The Morgan fingerprint density at radius 2 is 1.86 bits per heavy atom. The van der Waals surface area contributed by atoms with Crippen LogP contribution in [0.4, 0.5) is 0 Å². The zero-order chi connectivity index (χ0) is 20.0. The zero-order valence-electron chi connectivity index (χ0n) is 17.1. The lowest BCUT2D eigenvalue weighted by Gasteiger charge is -2.12. The summed E-state index contributed by atoms with van der Waals surface area (Å²) in [5.41, 5.74) is 0.932. The minimum atomic E-state index is -3.35. The van der Waals surface area contributed by atoms with Gasteiger partial charge in [-0.25, -0.2) is 13.1 Å². The molecule has 0 bridgehead atoms. The first-order chi connectivity index (χ1) is 12.9. The Hall–Kier alpha value is -0.910. The number of guanidine groups is 1. The second kappa shape index (κ2) is 15.9. The number of hydrogen-bond donors (Lipinski definition) is 3. The number of aliphatic imine (C=N–C) groups is 1. The Bertz CT molecular complexity index is 640. The number of nitrogens with one attached hydrogen (secondary N) is 3. The molecule has 0 spiro atoms. The molecule has 0 heterocycles. The molecule has 0 fully saturated rings. The Labute approximate surface area is 187 Å². The third-order valence-electron chi connectivity index (χ3n) is 3.69. The molecule has 0 saturated heterocycles. The summed E-state index contributed by atoms with van der Waals surface area (Å²) >= 11 is 0. The summed E-state index contributed by atoms with van der Waals surface area (Å²) < 4.78 is 32.3. The van der Waals surface area contributed by atoms with Crippen LogP contribution in [0.3, 0.4) is 0 Å². The van der Waals surface area contributed by atoms with Crippen LogP contribution in [-0.4, -0.2) is 53.0 Å². The second-order valence-corrected chi connectivity index (χ2v) is 8.53. The van der Waals surface area contributed by atoms with Gasteiger partial charge in [-0.1, -0.05) is 44.2 Å². The Balaban J connectivity index is 0.00000729. The fourth-order valence-electron chi connectivity index (χ4n) is 2.15. The van der Waals surface area contributed by atoms with Crippen molar-refractivity contribution in [3.05, 3.63) is 35.9 Å². The number of ether oxygens (including phenoxy) is 1. The van der Waals surface area contributed by atoms with Crippen LogP contribution in [0.5, 0.6) is 0 Å². The van der Waals surface area contributed by atoms with E-state index in [1.807, 2.05) is 37.3 Å². The topological polar surface area (TPSA) is 91.8 Å². The molecule has 0 aromatic heterocycles. The maximum atomic E-state index is 12.1. The standard InChI is InChI=1S/C19H34N4O3S.HI/c1-4-20-19(21-11-14-26-13-10-17(2)3)22-12-15-27(24,25)23-16-18-8-6-5-7-9-18;/h5-9,17,23H,4,10-16H2,1-3H3,(H2,20,21,22);1H. The molecule has 0 aliphatic heterocycles. The summed E-state index contributed by atoms with van der Waals surface area (Å²) in [6.07, 6.45) is 1.04. The first-order valence-electron chi connectivity index (χ1n) is 9.54. The van der Waals surface area contributed by atoms with Gasteiger partial charge in [0.1, 0.15) is 0 Å². The van der Waals surface area contributed by atoms with Crippen LogP contribution in [0.25, 0.3) is 0 Å². The highest BCUT2D eigenvalue weighted by molar-refractivity contribution is 14.0. The fraction of sp³-hybridized carbons (Fsp3) is 0.632. The van der Waals surface area contributed by atoms with Gasteiger partial charge in [0.2, 0.25) is 10.0 Å². The van der Waals surface area contributed by atoms with Crippen LogP contribution in [0, 0.1) is 5.92 Å². The summed E-state index contributed by atoms with van der Waals surface area (Å²) in [7, 11) is -3.35. The van der Waals surface area contributed by atoms with Gasteiger partial charge in [-0.3, -0.25) is 4.99 Å². The summed E-state index contributed by atoms with van der Waals surface area (Å²) in [5, 5.41) is 6.15. The fourth-order valence-corrected chi connectivity index (χ4v) is 3.05. The SMILES string of the molecule is CCNC(=NCCOCCC(C)C)NCCS(=O)(=O)NCc1ccccc1.I. The predicted octanol–water partition coefficient (Wildman–Crippen LogP) is 2.34. The van der Waals surface area contributed by atoms with Gasteiger partial charge >= 0.3 is 0 Å². The number of hydrogen-bond acceptors (Lipinski definition) is 4. The first kappa shape index (κ1) is 27.1. The summed E-state index contributed by atoms with van der Waals surface area (Å²) in [4.78, 5) is 4.40. The molecule has 7 nitrogen and oxygen atoms in total. The van der Waals surface area contributed by atoms with Gasteiger partial charge in [-0.05, 0) is 24.8 Å². The third-order valence-corrected chi connectivity index (χ3v) is 5.02. The summed E-state index contributed by atoms with van der Waals surface area (Å²) in [6, 6.07) is 9.45. The molecular formula is C19H35IN4O3S. The Morgan fingerprint density at radius 1 is 1.14 bits per heavy atom. The molecular weight excluding hydrogens is 491 g/mol. The third kappa shape index (κ3) is 14.1. The van der Waals surface area contributed by atoms with Crippen molar-refractivity contribution in [2.45, 2.75) is 33.7 Å². The van der Waals surface area contributed by atoms with Crippen LogP contribution in [0.15, 0.2) is 35.3 Å². The lowest BCUT2D eigenvalue weighted by molar-refractivity contribution is 0.130. The molecule has 0 radical (unpaired) electrons. The summed E-state index contributed by atoms with van der Waals surface area (Å²) in [6.45, 7) is 9.41. The van der Waals surface area contributed by atoms with E-state index in [0.29, 0.717) is 38.1 Å². The minimum absolute atomic E-state index is 0. The van der Waals surface area contributed by atoms with Gasteiger partial charge in [-0.2, -0.15) is 0 Å². The molecule has 0 aliphatic rings. The van der Waals surface area contributed by atoms with E-state index >= 15 is 0 Å². The van der Waals surface area contributed by atoms with Crippen molar-refractivity contribution >= 4 is 40.0 Å². The van der Waals surface area contributed by atoms with Crippen molar-refractivity contribution in [2.24, 2.45) is 10.9 Å². The van der Waals surface area contributed by atoms with E-state index in [0.717, 1.165) is 18.6 Å². The molecule has 1 rings (SSSR count). The number of halogens is 1. The van der Waals surface area contributed by atoms with E-state index < -0.39 is 10.0 Å². The highest BCUT2D eigenvalue weighted by atomic mass is 127. The predicted molar refractivity (Wildman–Crippen MR) is 127 cm³/mol. The van der Waals surface area contributed by atoms with Gasteiger partial charge < -0.3 is 15.4 Å². The van der Waals surface area contributed by atoms with E-state index in [4.69, 9.17) is 4.74 Å². The average molecular weight is 526 g/mol. The van der Waals surface area contributed by atoms with Crippen LogP contribution in [0.2, 0.25) is 0 Å². The van der Waals surface area contributed by atoms with Crippen molar-refractivity contribution in [3.63, 3.8) is 0 Å². The molecule has 0 unspecified atom stereocenters. The number of nitrogens with zero attached hydrogens (tertiary/aromatic N) is 1. The molecule has 0 aliphatic carbocycles. The van der Waals surface area contributed by atoms with Gasteiger partial charge in [0.15, 0.2) is 5.96 Å². The van der Waals surface area contributed by atoms with Crippen LogP contribution >= 0.6 is 24.0 Å². The molecule has 1 aromatic rings. The second-order valence-electron chi connectivity index (χ2n) is 6.61. The van der Waals surface area contributed by atoms with Crippen molar-refractivity contribution < 1.29 is 13.2 Å².